The fraction of sp³-hybridized carbons (Fsp3) is 0. The molecular formula is C7H9CaNO3. The second-order valence-corrected chi connectivity index (χ2v) is 2.08. The van der Waals surface area contributed by atoms with Crippen molar-refractivity contribution in [1.29, 1.82) is 0 Å². The van der Waals surface area contributed by atoms with Crippen LogP contribution in [-0.4, -0.2) is 53.9 Å². The number of aromatic carboxylic acids is 1. The third-order valence-electron chi connectivity index (χ3n) is 1.25. The molecular weight excluding hydrogens is 186 g/mol. The third kappa shape index (κ3) is 2.55. The van der Waals surface area contributed by atoms with E-state index in [0.717, 1.165) is 0 Å². The molecule has 12 heavy (non-hydrogen) atoms. The first-order chi connectivity index (χ1) is 5.11. The zero-order chi connectivity index (χ0) is 8.43. The van der Waals surface area contributed by atoms with Gasteiger partial charge in [-0.2, -0.15) is 0 Å². The van der Waals surface area contributed by atoms with E-state index in [-0.39, 0.29) is 51.9 Å². The third-order valence-corrected chi connectivity index (χ3v) is 1.25. The Morgan fingerprint density at radius 2 is 2.08 bits per heavy atom. The summed E-state index contributed by atoms with van der Waals surface area (Å²) in [5.74, 6) is -1.46. The topological polar surface area (TPSA) is 83.5 Å². The minimum atomic E-state index is -1.19. The number of aromatic hydroxyl groups is 1. The van der Waals surface area contributed by atoms with Gasteiger partial charge in [-0.25, -0.2) is 4.79 Å². The first kappa shape index (κ1) is 11.5. The van der Waals surface area contributed by atoms with Crippen molar-refractivity contribution in [3.8, 4) is 5.75 Å². The van der Waals surface area contributed by atoms with Gasteiger partial charge < -0.3 is 18.8 Å². The molecule has 5 heteroatoms. The largest absolute Gasteiger partial charge is 2.00 e. The number of nitrogen functional groups attached to an aromatic ring is 1. The summed E-state index contributed by atoms with van der Waals surface area (Å²) in [5.41, 5.74) is 5.43. The first-order valence-corrected chi connectivity index (χ1v) is 2.93. The first-order valence-electron chi connectivity index (χ1n) is 2.93. The summed E-state index contributed by atoms with van der Waals surface area (Å²) in [6, 6.07) is 3.89. The van der Waals surface area contributed by atoms with E-state index in [1.165, 1.54) is 18.2 Å². The molecule has 0 atom stereocenters. The van der Waals surface area contributed by atoms with Crippen LogP contribution in [0.2, 0.25) is 0 Å². The Morgan fingerprint density at radius 3 is 2.50 bits per heavy atom. The zero-order valence-electron chi connectivity index (χ0n) is 8.32. The van der Waals surface area contributed by atoms with Crippen LogP contribution in [0, 0.1) is 0 Å². The van der Waals surface area contributed by atoms with Gasteiger partial charge in [0.1, 0.15) is 11.3 Å². The van der Waals surface area contributed by atoms with Crippen LogP contribution in [0.25, 0.3) is 0 Å². The van der Waals surface area contributed by atoms with Gasteiger partial charge in [0, 0.05) is 5.69 Å². The summed E-state index contributed by atoms with van der Waals surface area (Å²) in [4.78, 5) is 10.4. The Bertz CT molecular complexity index is 309. The molecule has 62 valence electrons. The molecule has 0 aromatic heterocycles. The number of carbonyl (C=O) groups is 1. The maximum atomic E-state index is 10.4. The molecule has 0 saturated carbocycles. The van der Waals surface area contributed by atoms with Crippen molar-refractivity contribution in [2.24, 2.45) is 0 Å². The molecule has 0 aliphatic carbocycles. The molecule has 0 aliphatic heterocycles. The van der Waals surface area contributed by atoms with Crippen LogP contribution < -0.4 is 5.73 Å². The average Bonchev–Trinajstić information content (AvgIpc) is 1.94. The summed E-state index contributed by atoms with van der Waals surface area (Å²) in [5, 5.41) is 17.4. The minimum Gasteiger partial charge on any atom is -1.00 e. The molecule has 1 aromatic carbocycles. The van der Waals surface area contributed by atoms with E-state index in [2.05, 4.69) is 0 Å². The van der Waals surface area contributed by atoms with Crippen molar-refractivity contribution in [2.45, 2.75) is 0 Å². The number of rotatable bonds is 1. The second kappa shape index (κ2) is 4.54. The van der Waals surface area contributed by atoms with Gasteiger partial charge in [-0.05, 0) is 18.2 Å². The molecule has 0 spiro atoms. The smallest absolute Gasteiger partial charge is 1.00 e. The van der Waals surface area contributed by atoms with Gasteiger partial charge in [-0.1, -0.05) is 0 Å². The van der Waals surface area contributed by atoms with Crippen LogP contribution in [0.3, 0.4) is 0 Å². The number of phenols is 1. The molecule has 1 rings (SSSR count). The van der Waals surface area contributed by atoms with E-state index in [9.17, 15) is 4.79 Å². The summed E-state index contributed by atoms with van der Waals surface area (Å²) >= 11 is 0. The quantitative estimate of drug-likeness (QED) is 0.346. The maximum Gasteiger partial charge on any atom is 2.00 e. The van der Waals surface area contributed by atoms with Gasteiger partial charge in [-0.3, -0.25) is 0 Å². The van der Waals surface area contributed by atoms with Crippen molar-refractivity contribution < 1.29 is 17.9 Å². The standard InChI is InChI=1S/C7H7NO3.Ca.2H/c8-4-1-2-6(9)5(3-4)7(10)11;;;/h1-3,9H,8H2,(H,10,11);;;/q;+2;2*-1. The van der Waals surface area contributed by atoms with Crippen LogP contribution in [0.4, 0.5) is 5.69 Å². The summed E-state index contributed by atoms with van der Waals surface area (Å²) in [6.45, 7) is 0. The van der Waals surface area contributed by atoms with Crippen molar-refractivity contribution in [1.82, 2.24) is 0 Å². The van der Waals surface area contributed by atoms with Gasteiger partial charge in [0.2, 0.25) is 0 Å². The van der Waals surface area contributed by atoms with Gasteiger partial charge in [0.25, 0.3) is 0 Å². The van der Waals surface area contributed by atoms with Crippen LogP contribution in [0.1, 0.15) is 13.2 Å². The summed E-state index contributed by atoms with van der Waals surface area (Å²) in [6.07, 6.45) is 0. The number of carboxylic acid groups (broad SMARTS) is 1. The Labute approximate surface area is 102 Å². The van der Waals surface area contributed by atoms with Gasteiger partial charge in [0.15, 0.2) is 0 Å². The van der Waals surface area contributed by atoms with E-state index in [1.54, 1.807) is 0 Å². The van der Waals surface area contributed by atoms with Crippen molar-refractivity contribution in [3.63, 3.8) is 0 Å². The minimum absolute atomic E-state index is 0. The van der Waals surface area contributed by atoms with Gasteiger partial charge >= 0.3 is 43.7 Å². The van der Waals surface area contributed by atoms with Crippen LogP contribution in [-0.2, 0) is 0 Å². The van der Waals surface area contributed by atoms with E-state index < -0.39 is 5.97 Å². The molecule has 0 saturated heterocycles. The maximum absolute atomic E-state index is 10.4. The molecule has 0 bridgehead atoms. The van der Waals surface area contributed by atoms with Crippen molar-refractivity contribution in [3.05, 3.63) is 23.8 Å². The normalized spacial score (nSPS) is 8.67. The second-order valence-electron chi connectivity index (χ2n) is 2.08. The monoisotopic (exact) mass is 195 g/mol. The molecule has 4 nitrogen and oxygen atoms in total. The number of benzene rings is 1. The average molecular weight is 195 g/mol. The van der Waals surface area contributed by atoms with E-state index in [1.807, 2.05) is 0 Å². The SMILES string of the molecule is Nc1ccc(O)c(C(=O)O)c1.[Ca+2].[H-].[H-]. The predicted molar refractivity (Wildman–Crippen MR) is 47.5 cm³/mol. The summed E-state index contributed by atoms with van der Waals surface area (Å²) < 4.78 is 0. The van der Waals surface area contributed by atoms with Crippen LogP contribution in [0.15, 0.2) is 18.2 Å². The van der Waals surface area contributed by atoms with Crippen molar-refractivity contribution in [2.75, 3.05) is 5.73 Å². The Hall–Kier alpha value is -0.450. The van der Waals surface area contributed by atoms with E-state index in [0.29, 0.717) is 5.69 Å². The number of nitrogens with two attached hydrogens (primary N) is 1. The molecule has 0 unspecified atom stereocenters. The molecule has 0 amide bonds. The molecule has 0 radical (unpaired) electrons. The number of hydrogen-bond donors (Lipinski definition) is 3. The number of anilines is 1. The summed E-state index contributed by atoms with van der Waals surface area (Å²) in [7, 11) is 0. The van der Waals surface area contributed by atoms with E-state index in [4.69, 9.17) is 15.9 Å². The molecule has 4 N–H and O–H groups in total. The Kier molecular flexibility index (Phi) is 4.37. The van der Waals surface area contributed by atoms with Crippen LogP contribution in [0.5, 0.6) is 5.75 Å². The van der Waals surface area contributed by atoms with Gasteiger partial charge in [0.05, 0.1) is 0 Å². The number of carboxylic acids is 1. The predicted octanol–water partition coefficient (Wildman–Crippen LogP) is 0.517. The molecule has 0 fully saturated rings. The fourth-order valence-electron chi connectivity index (χ4n) is 0.725. The molecule has 1 aromatic rings. The number of hydrogen-bond acceptors (Lipinski definition) is 3. The van der Waals surface area contributed by atoms with Gasteiger partial charge in [-0.15, -0.1) is 0 Å². The Morgan fingerprint density at radius 1 is 1.50 bits per heavy atom. The van der Waals surface area contributed by atoms with Crippen LogP contribution >= 0.6 is 0 Å². The molecule has 0 aliphatic rings. The zero-order valence-corrected chi connectivity index (χ0v) is 8.53. The van der Waals surface area contributed by atoms with Crippen molar-refractivity contribution >= 4 is 49.4 Å². The fourth-order valence-corrected chi connectivity index (χ4v) is 0.725. The molecule has 0 heterocycles. The van der Waals surface area contributed by atoms with E-state index >= 15 is 0 Å². The Balaban J connectivity index is -0.000000403.